The van der Waals surface area contributed by atoms with Crippen molar-refractivity contribution in [2.45, 2.75) is 23.1 Å². The number of carbonyl (C=O) groups excluding carboxylic acids is 1. The van der Waals surface area contributed by atoms with E-state index in [0.29, 0.717) is 26.7 Å². The molecule has 2 aromatic heterocycles. The molecule has 0 saturated heterocycles. The van der Waals surface area contributed by atoms with Crippen LogP contribution in [-0.2, 0) is 11.3 Å². The van der Waals surface area contributed by atoms with Crippen molar-refractivity contribution in [1.29, 1.82) is 0 Å². The van der Waals surface area contributed by atoms with Gasteiger partial charge in [0, 0.05) is 10.7 Å². The number of hydrogen-bond donors (Lipinski definition) is 2. The van der Waals surface area contributed by atoms with Crippen LogP contribution in [0.3, 0.4) is 0 Å². The topological polar surface area (TPSA) is 80.0 Å². The molecule has 1 atom stereocenters. The zero-order chi connectivity index (χ0) is 21.6. The fourth-order valence-corrected chi connectivity index (χ4v) is 4.91. The summed E-state index contributed by atoms with van der Waals surface area (Å²) in [6.07, 6.45) is 1.63. The maximum Gasteiger partial charge on any atom is 0.242 e. The van der Waals surface area contributed by atoms with Crippen LogP contribution in [0.1, 0.15) is 22.1 Å². The van der Waals surface area contributed by atoms with Crippen LogP contribution >= 0.6 is 34.7 Å². The first-order valence-electron chi connectivity index (χ1n) is 9.47. The van der Waals surface area contributed by atoms with E-state index in [-0.39, 0.29) is 5.91 Å². The van der Waals surface area contributed by atoms with Crippen LogP contribution < -0.4 is 10.6 Å². The predicted molar refractivity (Wildman–Crippen MR) is 126 cm³/mol. The van der Waals surface area contributed by atoms with Crippen LogP contribution in [0.25, 0.3) is 0 Å². The summed E-state index contributed by atoms with van der Waals surface area (Å²) in [4.78, 5) is 13.2. The van der Waals surface area contributed by atoms with E-state index in [2.05, 4.69) is 20.8 Å². The van der Waals surface area contributed by atoms with Gasteiger partial charge in [0.05, 0.1) is 12.8 Å². The molecule has 1 amide bonds. The summed E-state index contributed by atoms with van der Waals surface area (Å²) in [7, 11) is 0. The number of carbonyl (C=O) groups is 1. The maximum absolute atomic E-state index is 13.2. The Hall–Kier alpha value is -2.81. The number of anilines is 2. The number of rotatable bonds is 8. The van der Waals surface area contributed by atoms with Crippen molar-refractivity contribution in [2.75, 3.05) is 10.6 Å². The number of aryl methyl sites for hydroxylation is 1. The Morgan fingerprint density at radius 3 is 2.74 bits per heavy atom. The van der Waals surface area contributed by atoms with Crippen molar-refractivity contribution in [1.82, 2.24) is 10.2 Å². The van der Waals surface area contributed by atoms with Crippen LogP contribution in [0.5, 0.6) is 0 Å². The van der Waals surface area contributed by atoms with Gasteiger partial charge in [-0.1, -0.05) is 71.1 Å². The van der Waals surface area contributed by atoms with Gasteiger partial charge < -0.3 is 15.1 Å². The summed E-state index contributed by atoms with van der Waals surface area (Å²) in [5, 5.41) is 15.3. The highest BCUT2D eigenvalue weighted by molar-refractivity contribution is 8.02. The molecule has 0 aliphatic heterocycles. The van der Waals surface area contributed by atoms with Gasteiger partial charge >= 0.3 is 0 Å². The summed E-state index contributed by atoms with van der Waals surface area (Å²) >= 11 is 8.96. The average Bonchev–Trinajstić information content (AvgIpc) is 3.45. The normalized spacial score (nSPS) is 11.8. The summed E-state index contributed by atoms with van der Waals surface area (Å²) in [6, 6.07) is 18.8. The van der Waals surface area contributed by atoms with Crippen LogP contribution in [0.2, 0.25) is 5.02 Å². The molecule has 31 heavy (non-hydrogen) atoms. The van der Waals surface area contributed by atoms with Crippen LogP contribution in [-0.4, -0.2) is 16.1 Å². The number of thioether (sulfide) groups is 1. The number of halogens is 1. The lowest BCUT2D eigenvalue weighted by Crippen LogP contribution is -2.19. The number of furan rings is 1. The summed E-state index contributed by atoms with van der Waals surface area (Å²) in [5.74, 6) is 0.652. The summed E-state index contributed by atoms with van der Waals surface area (Å²) in [5.41, 5.74) is 2.49. The molecular weight excluding hydrogens is 452 g/mol. The Balaban J connectivity index is 1.49. The zero-order valence-electron chi connectivity index (χ0n) is 16.5. The first-order valence-corrected chi connectivity index (χ1v) is 11.5. The third-order valence-corrected chi connectivity index (χ3v) is 7.03. The number of aromatic nitrogens is 2. The van der Waals surface area contributed by atoms with Crippen LogP contribution in [0.4, 0.5) is 10.8 Å². The van der Waals surface area contributed by atoms with Crippen LogP contribution in [0, 0.1) is 6.92 Å². The monoisotopic (exact) mass is 470 g/mol. The van der Waals surface area contributed by atoms with Crippen molar-refractivity contribution in [3.05, 3.63) is 88.8 Å². The predicted octanol–water partition coefficient (Wildman–Crippen LogP) is 6.18. The van der Waals surface area contributed by atoms with Crippen molar-refractivity contribution >= 4 is 51.4 Å². The van der Waals surface area contributed by atoms with Crippen molar-refractivity contribution in [2.24, 2.45) is 0 Å². The molecule has 1 unspecified atom stereocenters. The largest absolute Gasteiger partial charge is 0.467 e. The maximum atomic E-state index is 13.2. The van der Waals surface area contributed by atoms with Crippen molar-refractivity contribution in [3.63, 3.8) is 0 Å². The smallest absolute Gasteiger partial charge is 0.242 e. The quantitative estimate of drug-likeness (QED) is 0.299. The van der Waals surface area contributed by atoms with E-state index >= 15 is 0 Å². The van der Waals surface area contributed by atoms with E-state index in [1.165, 1.54) is 23.1 Å². The Labute approximate surface area is 193 Å². The van der Waals surface area contributed by atoms with Crippen molar-refractivity contribution in [3.8, 4) is 0 Å². The molecule has 4 rings (SSSR count). The number of amides is 1. The first kappa shape index (κ1) is 21.4. The Morgan fingerprint density at radius 2 is 2.00 bits per heavy atom. The lowest BCUT2D eigenvalue weighted by Gasteiger charge is -2.16. The Kier molecular flexibility index (Phi) is 6.91. The zero-order valence-corrected chi connectivity index (χ0v) is 18.9. The molecule has 0 bridgehead atoms. The fourth-order valence-electron chi connectivity index (χ4n) is 2.78. The molecule has 158 valence electrons. The number of nitrogens with one attached hydrogen (secondary N) is 2. The van der Waals surface area contributed by atoms with Crippen molar-refractivity contribution < 1.29 is 9.21 Å². The SMILES string of the molecule is Cc1ccc(NC(=O)C(Sc2nnc(NCc3ccco3)s2)c2ccccc2)cc1Cl. The van der Waals surface area contributed by atoms with E-state index in [9.17, 15) is 4.79 Å². The molecule has 2 N–H and O–H groups in total. The molecule has 9 heteroatoms. The number of benzene rings is 2. The Morgan fingerprint density at radius 1 is 1.16 bits per heavy atom. The van der Waals surface area contributed by atoms with Gasteiger partial charge in [-0.2, -0.15) is 0 Å². The average molecular weight is 471 g/mol. The minimum atomic E-state index is -0.493. The molecule has 2 aromatic carbocycles. The van der Waals surface area contributed by atoms with Gasteiger partial charge in [-0.15, -0.1) is 10.2 Å². The van der Waals surface area contributed by atoms with E-state index in [1.807, 2.05) is 61.5 Å². The third kappa shape index (κ3) is 5.66. The second-order valence-electron chi connectivity index (χ2n) is 6.67. The molecular formula is C22H19ClN4O2S2. The molecule has 0 saturated carbocycles. The molecule has 0 spiro atoms. The van der Waals surface area contributed by atoms with Gasteiger partial charge in [0.15, 0.2) is 4.34 Å². The lowest BCUT2D eigenvalue weighted by atomic mass is 10.1. The Bertz CT molecular complexity index is 1150. The lowest BCUT2D eigenvalue weighted by molar-refractivity contribution is -0.115. The summed E-state index contributed by atoms with van der Waals surface area (Å²) in [6.45, 7) is 2.44. The van der Waals surface area contributed by atoms with E-state index in [1.54, 1.807) is 12.3 Å². The van der Waals surface area contributed by atoms with Gasteiger partial charge in [0.1, 0.15) is 11.0 Å². The minimum Gasteiger partial charge on any atom is -0.467 e. The van der Waals surface area contributed by atoms with Gasteiger partial charge in [0.2, 0.25) is 11.0 Å². The van der Waals surface area contributed by atoms with Crippen LogP contribution in [0.15, 0.2) is 75.7 Å². The molecule has 0 aliphatic rings. The molecule has 0 fully saturated rings. The standard InChI is InChI=1S/C22H19ClN4O2S2/c1-14-9-10-16(12-18(14)23)25-20(28)19(15-6-3-2-4-7-15)30-22-27-26-21(31-22)24-13-17-8-5-11-29-17/h2-12,19H,13H2,1H3,(H,24,26)(H,25,28). The van der Waals surface area contributed by atoms with Gasteiger partial charge in [-0.3, -0.25) is 4.79 Å². The number of hydrogen-bond acceptors (Lipinski definition) is 7. The first-order chi connectivity index (χ1) is 15.1. The van der Waals surface area contributed by atoms with E-state index < -0.39 is 5.25 Å². The summed E-state index contributed by atoms with van der Waals surface area (Å²) < 4.78 is 6.00. The number of nitrogens with zero attached hydrogens (tertiary/aromatic N) is 2. The highest BCUT2D eigenvalue weighted by Crippen LogP contribution is 2.38. The van der Waals surface area contributed by atoms with E-state index in [4.69, 9.17) is 16.0 Å². The highest BCUT2D eigenvalue weighted by atomic mass is 35.5. The van der Waals surface area contributed by atoms with Gasteiger partial charge in [-0.25, -0.2) is 0 Å². The second kappa shape index (κ2) is 10.00. The third-order valence-electron chi connectivity index (χ3n) is 4.40. The van der Waals surface area contributed by atoms with Gasteiger partial charge in [0.25, 0.3) is 0 Å². The minimum absolute atomic E-state index is 0.156. The molecule has 2 heterocycles. The molecule has 0 aliphatic carbocycles. The molecule has 0 radical (unpaired) electrons. The second-order valence-corrected chi connectivity index (χ2v) is 9.40. The fraction of sp³-hybridized carbons (Fsp3) is 0.136. The molecule has 6 nitrogen and oxygen atoms in total. The van der Waals surface area contributed by atoms with E-state index in [0.717, 1.165) is 16.9 Å². The molecule has 4 aromatic rings. The highest BCUT2D eigenvalue weighted by Gasteiger charge is 2.24. The van der Waals surface area contributed by atoms with Gasteiger partial charge in [-0.05, 0) is 42.3 Å².